The molecule has 0 bridgehead atoms. The van der Waals surface area contributed by atoms with E-state index in [0.29, 0.717) is 5.52 Å². The molecule has 3 heterocycles. The maximum Gasteiger partial charge on any atom is 0.469 e. The molecule has 1 fully saturated rings. The Morgan fingerprint density at radius 3 is 2.26 bits per heavy atom. The first-order valence-corrected chi connectivity index (χ1v) is 10.3. The number of hydrogen-bond donors (Lipinski definition) is 9. The molecule has 0 unspecified atom stereocenters. The lowest BCUT2D eigenvalue weighted by Crippen LogP contribution is -2.50. The van der Waals surface area contributed by atoms with Crippen LogP contribution in [-0.4, -0.2) is 105 Å². The van der Waals surface area contributed by atoms with E-state index in [9.17, 15) is 14.8 Å². The highest BCUT2D eigenvalue weighted by Gasteiger charge is 2.45. The third-order valence-electron chi connectivity index (χ3n) is 4.35. The molecule has 3 rings (SSSR count). The van der Waals surface area contributed by atoms with Gasteiger partial charge in [0, 0.05) is 0 Å². The molecule has 1 aliphatic heterocycles. The third-order valence-corrected chi connectivity index (χ3v) is 4.84. The molecule has 0 spiro atoms. The Balaban J connectivity index is 0.000000366. The van der Waals surface area contributed by atoms with E-state index < -0.39 is 64.3 Å². The van der Waals surface area contributed by atoms with Gasteiger partial charge in [-0.2, -0.15) is 0 Å². The second kappa shape index (κ2) is 10.2. The summed E-state index contributed by atoms with van der Waals surface area (Å²) in [5.74, 6) is 0.142. The number of rotatable bonds is 7. The molecule has 1 saturated heterocycles. The monoisotopic (exact) mass is 468 g/mol. The molecule has 31 heavy (non-hydrogen) atoms. The smallest absolute Gasteiger partial charge is 0.394 e. The van der Waals surface area contributed by atoms with Crippen LogP contribution in [0.4, 0.5) is 5.82 Å². The lowest BCUT2D eigenvalue weighted by atomic mass is 10.1. The highest BCUT2D eigenvalue weighted by Crippen LogP contribution is 2.38. The highest BCUT2D eigenvalue weighted by atomic mass is 31.2. The number of phosphoric acid groups is 1. The van der Waals surface area contributed by atoms with E-state index in [1.165, 1.54) is 17.2 Å². The number of aromatic nitrogens is 4. The fraction of sp³-hybridized carbons (Fsp3) is 0.643. The van der Waals surface area contributed by atoms with E-state index >= 15 is 0 Å². The minimum absolute atomic E-state index is 0.142. The molecule has 2 aromatic heterocycles. The Hall–Kier alpha value is -1.82. The van der Waals surface area contributed by atoms with Crippen molar-refractivity contribution < 1.29 is 49.1 Å². The summed E-state index contributed by atoms with van der Waals surface area (Å²) in [5, 5.41) is 45.1. The number of aliphatic hydroxyl groups excluding tert-OH is 5. The third kappa shape index (κ3) is 6.12. The summed E-state index contributed by atoms with van der Waals surface area (Å²) in [7, 11) is -4.72. The van der Waals surface area contributed by atoms with Crippen molar-refractivity contribution in [3.05, 3.63) is 12.7 Å². The van der Waals surface area contributed by atoms with Crippen molar-refractivity contribution in [2.24, 2.45) is 5.73 Å². The van der Waals surface area contributed by atoms with Gasteiger partial charge in [0.1, 0.15) is 30.2 Å². The fourth-order valence-corrected chi connectivity index (χ4v) is 2.81. The van der Waals surface area contributed by atoms with Gasteiger partial charge in [-0.05, 0) is 0 Å². The predicted octanol–water partition coefficient (Wildman–Crippen LogP) is -4.20. The highest BCUT2D eigenvalue weighted by molar-refractivity contribution is 7.46. The first-order chi connectivity index (χ1) is 14.5. The van der Waals surface area contributed by atoms with E-state index in [1.807, 2.05) is 0 Å². The normalized spacial score (nSPS) is 24.3. The number of aliphatic hydroxyl groups is 5. The van der Waals surface area contributed by atoms with Gasteiger partial charge < -0.3 is 51.5 Å². The maximum absolute atomic E-state index is 10.7. The Morgan fingerprint density at radius 2 is 1.74 bits per heavy atom. The number of ether oxygens (including phenoxy) is 1. The molecular weight excluding hydrogens is 443 g/mol. The van der Waals surface area contributed by atoms with Crippen LogP contribution >= 0.6 is 7.82 Å². The van der Waals surface area contributed by atoms with Gasteiger partial charge in [0.15, 0.2) is 17.7 Å². The van der Waals surface area contributed by atoms with Crippen molar-refractivity contribution in [3.63, 3.8) is 0 Å². The molecule has 0 saturated carbocycles. The number of phosphoric ester groups is 1. The van der Waals surface area contributed by atoms with E-state index in [1.54, 1.807) is 0 Å². The lowest BCUT2D eigenvalue weighted by molar-refractivity contribution is -0.0504. The van der Waals surface area contributed by atoms with E-state index in [-0.39, 0.29) is 11.5 Å². The van der Waals surface area contributed by atoms with Crippen molar-refractivity contribution in [3.8, 4) is 0 Å². The zero-order valence-corrected chi connectivity index (χ0v) is 16.9. The van der Waals surface area contributed by atoms with Crippen LogP contribution in [-0.2, 0) is 13.8 Å². The quantitative estimate of drug-likeness (QED) is 0.174. The van der Waals surface area contributed by atoms with Crippen molar-refractivity contribution in [1.29, 1.82) is 0 Å². The minimum atomic E-state index is -4.72. The summed E-state index contributed by atoms with van der Waals surface area (Å²) in [4.78, 5) is 29.2. The summed E-state index contributed by atoms with van der Waals surface area (Å²) in [6.45, 7) is -1.80. The Bertz CT molecular complexity index is 897. The molecule has 0 aliphatic carbocycles. The van der Waals surface area contributed by atoms with Crippen molar-refractivity contribution >= 4 is 24.8 Å². The van der Waals surface area contributed by atoms with Gasteiger partial charge in [0.2, 0.25) is 0 Å². The van der Waals surface area contributed by atoms with Gasteiger partial charge >= 0.3 is 7.82 Å². The molecule has 176 valence electrons. The van der Waals surface area contributed by atoms with Crippen LogP contribution in [0, 0.1) is 0 Å². The average Bonchev–Trinajstić information content (AvgIpc) is 3.28. The van der Waals surface area contributed by atoms with Crippen LogP contribution in [0.3, 0.4) is 0 Å². The van der Waals surface area contributed by atoms with Gasteiger partial charge in [-0.15, -0.1) is 0 Å². The summed E-state index contributed by atoms with van der Waals surface area (Å²) in [6, 6.07) is 0. The predicted molar refractivity (Wildman–Crippen MR) is 102 cm³/mol. The lowest BCUT2D eigenvalue weighted by Gasteiger charge is -2.20. The fourth-order valence-electron chi connectivity index (χ4n) is 2.47. The SMILES string of the molecule is NC(CO)(CO)CO.Nc1ncnc2c1ncn2[C@@H]1O[C@H](COP(=O)(O)O)[C@@H](O)[C@H]1O. The average molecular weight is 468 g/mol. The number of nitrogens with zero attached hydrogens (tertiary/aromatic N) is 4. The van der Waals surface area contributed by atoms with Gasteiger partial charge in [0.25, 0.3) is 0 Å². The zero-order valence-electron chi connectivity index (χ0n) is 16.0. The van der Waals surface area contributed by atoms with Crippen LogP contribution in [0.1, 0.15) is 6.23 Å². The van der Waals surface area contributed by atoms with E-state index in [4.69, 9.17) is 41.3 Å². The first-order valence-electron chi connectivity index (χ1n) is 8.72. The second-order valence-corrected chi connectivity index (χ2v) is 7.99. The Kier molecular flexibility index (Phi) is 8.37. The topological polar surface area (TPSA) is 273 Å². The summed E-state index contributed by atoms with van der Waals surface area (Å²) in [6.07, 6.45) is -2.49. The summed E-state index contributed by atoms with van der Waals surface area (Å²) in [5.41, 5.74) is 10.2. The molecule has 0 amide bonds. The minimum Gasteiger partial charge on any atom is -0.394 e. The molecule has 16 nitrogen and oxygen atoms in total. The van der Waals surface area contributed by atoms with E-state index in [2.05, 4.69) is 19.5 Å². The molecule has 0 radical (unpaired) electrons. The molecule has 0 aromatic carbocycles. The van der Waals surface area contributed by atoms with Crippen LogP contribution < -0.4 is 11.5 Å². The number of fused-ring (bicyclic) bond motifs is 1. The Labute approximate surface area is 174 Å². The van der Waals surface area contributed by atoms with Gasteiger partial charge in [-0.25, -0.2) is 19.5 Å². The van der Waals surface area contributed by atoms with Gasteiger partial charge in [0.05, 0.1) is 38.3 Å². The number of nitrogens with two attached hydrogens (primary N) is 2. The number of imidazole rings is 1. The zero-order chi connectivity index (χ0) is 23.4. The molecular formula is C14H25N6O10P. The molecule has 4 atom stereocenters. The molecule has 11 N–H and O–H groups in total. The standard InChI is InChI=1S/C10H14N5O7P.C4H11NO3/c11-8-5-9(13-2-12-8)15(3-14-5)10-7(17)6(16)4(22-10)1-21-23(18,19)20;5-4(1-6,2-7)3-8/h2-4,6-7,10,16-17H,1H2,(H2,11,12,13)(H2,18,19,20);6-8H,1-3,5H2/t4-,6-,7-,10-;/m1./s1. The molecule has 17 heteroatoms. The van der Waals surface area contributed by atoms with Crippen LogP contribution in [0.2, 0.25) is 0 Å². The largest absolute Gasteiger partial charge is 0.469 e. The van der Waals surface area contributed by atoms with Gasteiger partial charge in [-0.3, -0.25) is 9.09 Å². The van der Waals surface area contributed by atoms with Crippen molar-refractivity contribution in [2.75, 3.05) is 32.2 Å². The first kappa shape index (κ1) is 25.4. The van der Waals surface area contributed by atoms with Crippen molar-refractivity contribution in [2.45, 2.75) is 30.1 Å². The van der Waals surface area contributed by atoms with Crippen LogP contribution in [0.25, 0.3) is 11.2 Å². The number of anilines is 1. The number of nitrogen functional groups attached to an aromatic ring is 1. The molecule has 1 aliphatic rings. The Morgan fingerprint density at radius 1 is 1.13 bits per heavy atom. The van der Waals surface area contributed by atoms with E-state index in [0.717, 1.165) is 0 Å². The summed E-state index contributed by atoms with van der Waals surface area (Å²) >= 11 is 0. The van der Waals surface area contributed by atoms with Crippen molar-refractivity contribution in [1.82, 2.24) is 19.5 Å². The van der Waals surface area contributed by atoms with Crippen LogP contribution in [0.5, 0.6) is 0 Å². The summed E-state index contributed by atoms with van der Waals surface area (Å²) < 4.78 is 21.8. The maximum atomic E-state index is 10.7. The van der Waals surface area contributed by atoms with Gasteiger partial charge in [-0.1, -0.05) is 0 Å². The van der Waals surface area contributed by atoms with Crippen LogP contribution in [0.15, 0.2) is 12.7 Å². The second-order valence-electron chi connectivity index (χ2n) is 6.75. The molecule has 2 aromatic rings. The number of hydrogen-bond acceptors (Lipinski definition) is 13.